The minimum absolute atomic E-state index is 0.275. The summed E-state index contributed by atoms with van der Waals surface area (Å²) in [5, 5.41) is 1.76. The van der Waals surface area contributed by atoms with Crippen LogP contribution in [0.1, 0.15) is 13.8 Å². The van der Waals surface area contributed by atoms with Crippen molar-refractivity contribution in [3.8, 4) is 0 Å². The smallest absolute Gasteiger partial charge is 0.178 e. The van der Waals surface area contributed by atoms with Crippen LogP contribution in [0.2, 0.25) is 0 Å². The van der Waals surface area contributed by atoms with Gasteiger partial charge in [-0.05, 0) is 13.8 Å². The second kappa shape index (κ2) is 1.23. The normalized spacial score (nSPS) is 27.7. The number of nitrogens with zero attached hydrogens (tertiary/aromatic N) is 1. The van der Waals surface area contributed by atoms with Gasteiger partial charge in [0.1, 0.15) is 0 Å². The molecule has 1 unspecified atom stereocenters. The molecule has 0 aromatic carbocycles. The van der Waals surface area contributed by atoms with Gasteiger partial charge in [0.25, 0.3) is 0 Å². The lowest BCUT2D eigenvalue weighted by molar-refractivity contribution is 0.241. The largest absolute Gasteiger partial charge is 0.244 e. The number of rotatable bonds is 1. The molecule has 0 saturated carbocycles. The van der Waals surface area contributed by atoms with Gasteiger partial charge in [-0.3, -0.25) is 0 Å². The van der Waals surface area contributed by atoms with Crippen LogP contribution in [-0.4, -0.2) is 11.3 Å². The Bertz CT molecular complexity index is 100. The summed E-state index contributed by atoms with van der Waals surface area (Å²) in [4.78, 5) is 4.91. The molecule has 0 bridgehead atoms. The maximum absolute atomic E-state index is 4.91. The predicted molar refractivity (Wildman–Crippen MR) is 27.2 cm³/mol. The van der Waals surface area contributed by atoms with E-state index in [0.717, 1.165) is 5.70 Å². The monoisotopic (exact) mass is 99.1 g/mol. The number of hydrogen-bond acceptors (Lipinski definition) is 2. The lowest BCUT2D eigenvalue weighted by Gasteiger charge is -1.89. The van der Waals surface area contributed by atoms with Gasteiger partial charge in [-0.2, -0.15) is 0 Å². The van der Waals surface area contributed by atoms with Gasteiger partial charge < -0.3 is 0 Å². The first-order chi connectivity index (χ1) is 3.22. The molecule has 40 valence electrons. The van der Waals surface area contributed by atoms with Crippen molar-refractivity contribution in [2.75, 3.05) is 0 Å². The Kier molecular flexibility index (Phi) is 0.820. The van der Waals surface area contributed by atoms with E-state index in [4.69, 9.17) is 4.84 Å². The fraction of sp³-hybridized carbons (Fsp3) is 0.600. The molecule has 1 aliphatic rings. The molecule has 0 aromatic heterocycles. The minimum Gasteiger partial charge on any atom is -0.244 e. The number of allylic oxidation sites excluding steroid dienone is 1. The molecule has 1 fully saturated rings. The van der Waals surface area contributed by atoms with E-state index >= 15 is 0 Å². The van der Waals surface area contributed by atoms with E-state index < -0.39 is 0 Å². The summed E-state index contributed by atoms with van der Waals surface area (Å²) in [6.07, 6.45) is 0.275. The van der Waals surface area contributed by atoms with Crippen LogP contribution in [-0.2, 0) is 4.84 Å². The first kappa shape index (κ1) is 4.65. The van der Waals surface area contributed by atoms with Crippen LogP contribution in [0, 0.1) is 0 Å². The molecule has 0 radical (unpaired) electrons. The van der Waals surface area contributed by atoms with Crippen LogP contribution in [0.4, 0.5) is 0 Å². The molecule has 2 nitrogen and oxygen atoms in total. The third-order valence-electron chi connectivity index (χ3n) is 0.927. The van der Waals surface area contributed by atoms with Gasteiger partial charge in [0, 0.05) is 5.70 Å². The summed E-state index contributed by atoms with van der Waals surface area (Å²) in [5.74, 6) is 0. The van der Waals surface area contributed by atoms with Crippen molar-refractivity contribution in [2.24, 2.45) is 0 Å². The van der Waals surface area contributed by atoms with Crippen molar-refractivity contribution in [1.82, 2.24) is 5.06 Å². The summed E-state index contributed by atoms with van der Waals surface area (Å²) in [7, 11) is 0. The molecule has 0 spiro atoms. The van der Waals surface area contributed by atoms with Gasteiger partial charge >= 0.3 is 0 Å². The minimum atomic E-state index is 0.275. The summed E-state index contributed by atoms with van der Waals surface area (Å²) in [6, 6.07) is 0. The molecular weight excluding hydrogens is 90.1 g/mol. The molecule has 1 rings (SSSR count). The van der Waals surface area contributed by atoms with Crippen LogP contribution in [0.25, 0.3) is 0 Å². The van der Waals surface area contributed by atoms with E-state index in [-0.39, 0.29) is 6.23 Å². The average molecular weight is 99.1 g/mol. The van der Waals surface area contributed by atoms with Crippen molar-refractivity contribution >= 4 is 0 Å². The Hall–Kier alpha value is -0.500. The van der Waals surface area contributed by atoms with Gasteiger partial charge in [0.15, 0.2) is 6.23 Å². The quantitative estimate of drug-likeness (QED) is 0.458. The van der Waals surface area contributed by atoms with Gasteiger partial charge in [0.2, 0.25) is 0 Å². The molecule has 0 amide bonds. The second-order valence-corrected chi connectivity index (χ2v) is 1.77. The standard InChI is InChI=1S/C5H9NO/c1-4(2)6-5(3)7-6/h5H,1H2,2-3H3. The molecule has 1 atom stereocenters. The van der Waals surface area contributed by atoms with Gasteiger partial charge in [-0.1, -0.05) is 6.58 Å². The fourth-order valence-electron chi connectivity index (χ4n) is 0.537. The second-order valence-electron chi connectivity index (χ2n) is 1.77. The van der Waals surface area contributed by atoms with Crippen LogP contribution < -0.4 is 0 Å². The fourth-order valence-corrected chi connectivity index (χ4v) is 0.537. The Labute approximate surface area is 43.3 Å². The zero-order valence-electron chi connectivity index (χ0n) is 4.64. The highest BCUT2D eigenvalue weighted by Gasteiger charge is 2.30. The van der Waals surface area contributed by atoms with Crippen molar-refractivity contribution in [3.05, 3.63) is 12.3 Å². The maximum Gasteiger partial charge on any atom is 0.178 e. The van der Waals surface area contributed by atoms with Crippen LogP contribution >= 0.6 is 0 Å². The molecule has 2 heteroatoms. The first-order valence-electron chi connectivity index (χ1n) is 2.33. The van der Waals surface area contributed by atoms with E-state index in [1.54, 1.807) is 5.06 Å². The zero-order chi connectivity index (χ0) is 5.44. The summed E-state index contributed by atoms with van der Waals surface area (Å²) in [5.41, 5.74) is 0.979. The van der Waals surface area contributed by atoms with Crippen LogP contribution in [0.15, 0.2) is 12.3 Å². The van der Waals surface area contributed by atoms with Crippen LogP contribution in [0.5, 0.6) is 0 Å². The van der Waals surface area contributed by atoms with Gasteiger partial charge in [0.05, 0.1) is 0 Å². The Morgan fingerprint density at radius 2 is 2.29 bits per heavy atom. The summed E-state index contributed by atoms with van der Waals surface area (Å²) in [6.45, 7) is 7.57. The van der Waals surface area contributed by atoms with Crippen molar-refractivity contribution in [1.29, 1.82) is 0 Å². The predicted octanol–water partition coefficient (Wildman–Crippen LogP) is 1.11. The highest BCUT2D eigenvalue weighted by atomic mass is 16.8. The molecule has 0 aliphatic carbocycles. The van der Waals surface area contributed by atoms with Crippen molar-refractivity contribution in [2.45, 2.75) is 20.1 Å². The summed E-state index contributed by atoms with van der Waals surface area (Å²) < 4.78 is 0. The summed E-state index contributed by atoms with van der Waals surface area (Å²) >= 11 is 0. The SMILES string of the molecule is C=C(C)N1OC1C. The highest BCUT2D eigenvalue weighted by molar-refractivity contribution is 4.89. The molecule has 0 aromatic rings. The van der Waals surface area contributed by atoms with E-state index in [1.807, 2.05) is 13.8 Å². The number of hydrogen-bond donors (Lipinski definition) is 0. The highest BCUT2D eigenvalue weighted by Crippen LogP contribution is 2.23. The molecule has 0 N–H and O–H groups in total. The first-order valence-corrected chi connectivity index (χ1v) is 2.33. The Morgan fingerprint density at radius 3 is 2.29 bits per heavy atom. The van der Waals surface area contributed by atoms with E-state index in [2.05, 4.69) is 6.58 Å². The van der Waals surface area contributed by atoms with E-state index in [9.17, 15) is 0 Å². The Morgan fingerprint density at radius 1 is 1.86 bits per heavy atom. The Balaban J connectivity index is 2.33. The molecule has 1 saturated heterocycles. The topological polar surface area (TPSA) is 15.5 Å². The number of hydroxylamine groups is 2. The molecule has 7 heavy (non-hydrogen) atoms. The van der Waals surface area contributed by atoms with E-state index in [1.165, 1.54) is 0 Å². The third-order valence-corrected chi connectivity index (χ3v) is 0.927. The van der Waals surface area contributed by atoms with Crippen molar-refractivity contribution in [3.63, 3.8) is 0 Å². The molecule has 1 aliphatic heterocycles. The van der Waals surface area contributed by atoms with Crippen molar-refractivity contribution < 1.29 is 4.84 Å². The third kappa shape index (κ3) is 0.747. The van der Waals surface area contributed by atoms with Crippen LogP contribution in [0.3, 0.4) is 0 Å². The van der Waals surface area contributed by atoms with Gasteiger partial charge in [-0.15, -0.1) is 0 Å². The molecular formula is C5H9NO. The molecule has 1 heterocycles. The lowest BCUT2D eigenvalue weighted by Crippen LogP contribution is -1.91. The van der Waals surface area contributed by atoms with E-state index in [0.29, 0.717) is 0 Å². The lowest BCUT2D eigenvalue weighted by atomic mass is 10.5. The zero-order valence-corrected chi connectivity index (χ0v) is 4.64. The van der Waals surface area contributed by atoms with Gasteiger partial charge in [-0.25, -0.2) is 9.90 Å². The average Bonchev–Trinajstić information content (AvgIpc) is 2.17. The maximum atomic E-state index is 4.91.